The van der Waals surface area contributed by atoms with Crippen molar-refractivity contribution in [2.24, 2.45) is 5.92 Å². The van der Waals surface area contributed by atoms with Gasteiger partial charge in [0.25, 0.3) is 11.8 Å². The number of nitrogens with zero attached hydrogens (tertiary/aromatic N) is 2. The molecule has 0 radical (unpaired) electrons. The van der Waals surface area contributed by atoms with Crippen molar-refractivity contribution in [2.45, 2.75) is 44.3 Å². The van der Waals surface area contributed by atoms with Crippen LogP contribution in [0.25, 0.3) is 11.4 Å². The standard InChI is InChI=1S/C40H31F3N2O2/c1-8-27-12-10-14-31(20-27)44-25(5)34-21-29(15-17-32(34)36(44)46)39(24(3)4,40(41,42)43)30-16-18-33-35(22-30)26(6)45(37(33)47)38(7)19-11-13-28(9-2)23-38/h1-2,10-22,24H,5-6,23H2,3-4,7H3. The lowest BCUT2D eigenvalue weighted by molar-refractivity contribution is -0.190. The van der Waals surface area contributed by atoms with Crippen LogP contribution >= 0.6 is 0 Å². The van der Waals surface area contributed by atoms with E-state index >= 15 is 13.2 Å². The lowest BCUT2D eigenvalue weighted by Gasteiger charge is -2.41. The highest BCUT2D eigenvalue weighted by Gasteiger charge is 2.60. The molecule has 6 rings (SSSR count). The molecule has 2 aliphatic heterocycles. The van der Waals surface area contributed by atoms with E-state index in [1.165, 1.54) is 60.0 Å². The fourth-order valence-corrected chi connectivity index (χ4v) is 7.32. The third-order valence-electron chi connectivity index (χ3n) is 9.56. The summed E-state index contributed by atoms with van der Waals surface area (Å²) < 4.78 is 47.2. The Hall–Kier alpha value is -5.53. The number of fused-ring (bicyclic) bond motifs is 2. The number of rotatable bonds is 5. The summed E-state index contributed by atoms with van der Waals surface area (Å²) in [4.78, 5) is 30.1. The Morgan fingerprint density at radius 2 is 1.47 bits per heavy atom. The van der Waals surface area contributed by atoms with Crippen molar-refractivity contribution >= 4 is 28.9 Å². The quantitative estimate of drug-likeness (QED) is 0.266. The molecule has 0 saturated heterocycles. The first-order valence-corrected chi connectivity index (χ1v) is 15.0. The predicted octanol–water partition coefficient (Wildman–Crippen LogP) is 8.51. The summed E-state index contributed by atoms with van der Waals surface area (Å²) >= 11 is 0. The average Bonchev–Trinajstić information content (AvgIpc) is 3.44. The van der Waals surface area contributed by atoms with Gasteiger partial charge in [-0.15, -0.1) is 12.8 Å². The van der Waals surface area contributed by atoms with Crippen LogP contribution in [0.15, 0.2) is 97.6 Å². The van der Waals surface area contributed by atoms with Gasteiger partial charge in [0, 0.05) is 45.5 Å². The van der Waals surface area contributed by atoms with Crippen LogP contribution in [0.4, 0.5) is 18.9 Å². The number of allylic oxidation sites excluding steroid dienone is 2. The van der Waals surface area contributed by atoms with E-state index < -0.39 is 29.0 Å². The van der Waals surface area contributed by atoms with E-state index in [-0.39, 0.29) is 33.9 Å². The molecule has 3 aromatic carbocycles. The van der Waals surface area contributed by atoms with Gasteiger partial charge in [0.1, 0.15) is 5.41 Å². The van der Waals surface area contributed by atoms with Crippen LogP contribution in [0.1, 0.15) is 75.7 Å². The molecule has 2 unspecified atom stereocenters. The second-order valence-corrected chi connectivity index (χ2v) is 12.6. The molecule has 2 atom stereocenters. The van der Waals surface area contributed by atoms with Crippen LogP contribution < -0.4 is 4.90 Å². The zero-order valence-corrected chi connectivity index (χ0v) is 26.2. The summed E-state index contributed by atoms with van der Waals surface area (Å²) in [5.41, 5.74) is -0.0578. The Bertz CT molecular complexity index is 2070. The molecular weight excluding hydrogens is 597 g/mol. The van der Waals surface area contributed by atoms with Gasteiger partial charge in [-0.3, -0.25) is 19.4 Å². The molecule has 7 heteroatoms. The van der Waals surface area contributed by atoms with E-state index in [9.17, 15) is 9.59 Å². The number of terminal acetylenes is 2. The maximum atomic E-state index is 15.7. The fraction of sp³-hybridized carbons (Fsp3) is 0.200. The number of benzene rings is 3. The summed E-state index contributed by atoms with van der Waals surface area (Å²) in [5.74, 6) is 3.41. The molecule has 4 nitrogen and oxygen atoms in total. The van der Waals surface area contributed by atoms with Crippen molar-refractivity contribution in [1.82, 2.24) is 4.90 Å². The molecular formula is C40H31F3N2O2. The number of hydrogen-bond acceptors (Lipinski definition) is 2. The van der Waals surface area contributed by atoms with Gasteiger partial charge >= 0.3 is 6.18 Å². The first kappa shape index (κ1) is 31.5. The van der Waals surface area contributed by atoms with Gasteiger partial charge in [0.15, 0.2) is 0 Å². The molecule has 234 valence electrons. The highest BCUT2D eigenvalue weighted by atomic mass is 19.4. The van der Waals surface area contributed by atoms with Crippen LogP contribution in [0.3, 0.4) is 0 Å². The van der Waals surface area contributed by atoms with Crippen molar-refractivity contribution in [3.63, 3.8) is 0 Å². The Balaban J connectivity index is 1.47. The second-order valence-electron chi connectivity index (χ2n) is 12.6. The van der Waals surface area contributed by atoms with Gasteiger partial charge < -0.3 is 0 Å². The molecule has 1 aliphatic carbocycles. The minimum Gasteiger partial charge on any atom is -0.299 e. The number of carbonyl (C=O) groups is 2. The van der Waals surface area contributed by atoms with E-state index in [0.717, 1.165) is 0 Å². The highest BCUT2D eigenvalue weighted by Crippen LogP contribution is 2.54. The number of hydrogen-bond donors (Lipinski definition) is 0. The average molecular weight is 629 g/mol. The maximum Gasteiger partial charge on any atom is 0.402 e. The molecule has 3 aromatic rings. The summed E-state index contributed by atoms with van der Waals surface area (Å²) in [6.45, 7) is 13.1. The molecule has 0 aromatic heterocycles. The number of anilines is 1. The van der Waals surface area contributed by atoms with Crippen molar-refractivity contribution < 1.29 is 22.8 Å². The molecule has 3 aliphatic rings. The van der Waals surface area contributed by atoms with Crippen molar-refractivity contribution in [3.05, 3.63) is 137 Å². The molecule has 2 heterocycles. The smallest absolute Gasteiger partial charge is 0.299 e. The fourth-order valence-electron chi connectivity index (χ4n) is 7.32. The van der Waals surface area contributed by atoms with Crippen molar-refractivity contribution in [2.75, 3.05) is 4.90 Å². The minimum atomic E-state index is -4.78. The van der Waals surface area contributed by atoms with Gasteiger partial charge in [-0.05, 0) is 66.4 Å². The van der Waals surface area contributed by atoms with Gasteiger partial charge in [-0.25, -0.2) is 0 Å². The minimum absolute atomic E-state index is 0.0448. The molecule has 0 bridgehead atoms. The second kappa shape index (κ2) is 10.8. The lowest BCUT2D eigenvalue weighted by Crippen LogP contribution is -2.48. The number of halogens is 3. The summed E-state index contributed by atoms with van der Waals surface area (Å²) in [7, 11) is 0. The van der Waals surface area contributed by atoms with E-state index in [2.05, 4.69) is 25.0 Å². The normalized spacial score (nSPS) is 20.1. The molecule has 0 fully saturated rings. The van der Waals surface area contributed by atoms with E-state index in [1.807, 2.05) is 13.0 Å². The Morgan fingerprint density at radius 1 is 0.851 bits per heavy atom. The first-order valence-electron chi connectivity index (χ1n) is 15.0. The van der Waals surface area contributed by atoms with E-state index in [4.69, 9.17) is 12.8 Å². The number of carbonyl (C=O) groups excluding carboxylic acids is 2. The molecule has 0 saturated carbocycles. The van der Waals surface area contributed by atoms with Gasteiger partial charge in [-0.1, -0.05) is 75.3 Å². The SMILES string of the molecule is C#CC1=CC=CC(C)(N2C(=C)c3cc(C(c4ccc5c(c4)C(=C)N(c4cccc(C#C)c4)C5=O)(C(C)C)C(F)(F)F)ccc3C2=O)C1. The third-order valence-corrected chi connectivity index (χ3v) is 9.56. The zero-order chi connectivity index (χ0) is 34.1. The van der Waals surface area contributed by atoms with Gasteiger partial charge in [-0.2, -0.15) is 13.2 Å². The highest BCUT2D eigenvalue weighted by molar-refractivity contribution is 6.22. The van der Waals surface area contributed by atoms with E-state index in [0.29, 0.717) is 40.1 Å². The topological polar surface area (TPSA) is 40.6 Å². The van der Waals surface area contributed by atoms with Crippen LogP contribution in [0.5, 0.6) is 0 Å². The summed E-state index contributed by atoms with van der Waals surface area (Å²) in [5, 5.41) is 0. The Kier molecular flexibility index (Phi) is 7.22. The summed E-state index contributed by atoms with van der Waals surface area (Å²) in [6.07, 6.45) is 12.2. The number of amides is 2. The van der Waals surface area contributed by atoms with Crippen LogP contribution in [-0.4, -0.2) is 28.4 Å². The van der Waals surface area contributed by atoms with Crippen LogP contribution in [-0.2, 0) is 5.41 Å². The lowest BCUT2D eigenvalue weighted by atomic mass is 9.65. The Morgan fingerprint density at radius 3 is 2.04 bits per heavy atom. The van der Waals surface area contributed by atoms with Crippen LogP contribution in [0.2, 0.25) is 0 Å². The predicted molar refractivity (Wildman–Crippen MR) is 179 cm³/mol. The monoisotopic (exact) mass is 628 g/mol. The van der Waals surface area contributed by atoms with Crippen LogP contribution in [0, 0.1) is 30.6 Å². The largest absolute Gasteiger partial charge is 0.402 e. The van der Waals surface area contributed by atoms with Crippen molar-refractivity contribution in [3.8, 4) is 24.7 Å². The molecule has 0 N–H and O–H groups in total. The van der Waals surface area contributed by atoms with Gasteiger partial charge in [0.05, 0.1) is 16.9 Å². The Labute approximate surface area is 272 Å². The van der Waals surface area contributed by atoms with E-state index in [1.54, 1.807) is 36.4 Å². The first-order chi connectivity index (χ1) is 22.2. The number of alkyl halides is 3. The molecule has 0 spiro atoms. The zero-order valence-electron chi connectivity index (χ0n) is 26.2. The molecule has 47 heavy (non-hydrogen) atoms. The third kappa shape index (κ3) is 4.49. The molecule has 2 amide bonds. The summed E-state index contributed by atoms with van der Waals surface area (Å²) in [6, 6.07) is 15.2. The van der Waals surface area contributed by atoms with Gasteiger partial charge in [0.2, 0.25) is 0 Å². The van der Waals surface area contributed by atoms with Crippen molar-refractivity contribution in [1.29, 1.82) is 0 Å². The maximum absolute atomic E-state index is 15.7.